The van der Waals surface area contributed by atoms with E-state index in [1.54, 1.807) is 0 Å². The molecule has 2 amide bonds. The van der Waals surface area contributed by atoms with Crippen molar-refractivity contribution in [2.24, 2.45) is 5.92 Å². The number of fused-ring (bicyclic) bond motifs is 6. The van der Waals surface area contributed by atoms with Gasteiger partial charge >= 0.3 is 12.2 Å². The van der Waals surface area contributed by atoms with Crippen LogP contribution < -0.4 is 4.74 Å². The molecule has 11 nitrogen and oxygen atoms in total. The molecule has 2 aliphatic carbocycles. The van der Waals surface area contributed by atoms with E-state index in [-0.39, 0.29) is 30.3 Å². The first-order valence-corrected chi connectivity index (χ1v) is 20.2. The average Bonchev–Trinajstić information content (AvgIpc) is 3.42. The average molecular weight is 747 g/mol. The summed E-state index contributed by atoms with van der Waals surface area (Å²) in [7, 11) is 0. The van der Waals surface area contributed by atoms with Gasteiger partial charge in [0, 0.05) is 35.2 Å². The maximum atomic E-state index is 13.3. The van der Waals surface area contributed by atoms with Crippen molar-refractivity contribution in [1.82, 2.24) is 29.7 Å². The smallest absolute Gasteiger partial charge is 0.411 e. The molecule has 0 spiro atoms. The molecule has 4 aromatic rings. The molecule has 0 radical (unpaired) electrons. The summed E-state index contributed by atoms with van der Waals surface area (Å²) < 4.78 is 18.1. The van der Waals surface area contributed by atoms with Crippen LogP contribution in [0.2, 0.25) is 0 Å². The van der Waals surface area contributed by atoms with Gasteiger partial charge in [0.05, 0.1) is 34.9 Å². The lowest BCUT2D eigenvalue weighted by atomic mass is 9.86. The molecule has 2 aromatic heterocycles. The fourth-order valence-electron chi connectivity index (χ4n) is 9.06. The van der Waals surface area contributed by atoms with Crippen LogP contribution in [0.25, 0.3) is 33.6 Å². The quantitative estimate of drug-likeness (QED) is 0.213. The highest BCUT2D eigenvalue weighted by molar-refractivity contribution is 5.84. The first kappa shape index (κ1) is 35.9. The van der Waals surface area contributed by atoms with Gasteiger partial charge in [0.1, 0.15) is 35.2 Å². The molecule has 3 aliphatic heterocycles. The molecule has 55 heavy (non-hydrogen) atoms. The number of H-pyrrole nitrogens is 2. The Hall–Kier alpha value is -4.80. The fraction of sp³-hybridized carbons (Fsp3) is 0.545. The Morgan fingerprint density at radius 2 is 1.51 bits per heavy atom. The molecular formula is C44H54N6O5. The van der Waals surface area contributed by atoms with E-state index >= 15 is 0 Å². The Balaban J connectivity index is 1.000. The van der Waals surface area contributed by atoms with Crippen molar-refractivity contribution in [2.45, 2.75) is 142 Å². The van der Waals surface area contributed by atoms with Crippen molar-refractivity contribution >= 4 is 12.2 Å². The van der Waals surface area contributed by atoms with Crippen LogP contribution in [0.4, 0.5) is 9.59 Å². The number of imidazole rings is 2. The van der Waals surface area contributed by atoms with Crippen molar-refractivity contribution in [1.29, 1.82) is 0 Å². The van der Waals surface area contributed by atoms with Gasteiger partial charge < -0.3 is 24.2 Å². The summed E-state index contributed by atoms with van der Waals surface area (Å²) in [5, 5.41) is 0. The Labute approximate surface area is 323 Å². The van der Waals surface area contributed by atoms with Gasteiger partial charge in [0.15, 0.2) is 0 Å². The summed E-state index contributed by atoms with van der Waals surface area (Å²) in [6.07, 6.45) is 6.00. The molecule has 1 unspecified atom stereocenters. The van der Waals surface area contributed by atoms with Gasteiger partial charge in [-0.2, -0.15) is 0 Å². The Kier molecular flexibility index (Phi) is 8.40. The summed E-state index contributed by atoms with van der Waals surface area (Å²) >= 11 is 0. The second-order valence-corrected chi connectivity index (χ2v) is 18.6. The number of rotatable bonds is 4. The lowest BCUT2D eigenvalue weighted by Crippen LogP contribution is -2.40. The van der Waals surface area contributed by atoms with E-state index in [1.807, 2.05) is 51.3 Å². The van der Waals surface area contributed by atoms with Crippen LogP contribution in [0.1, 0.15) is 140 Å². The van der Waals surface area contributed by atoms with Crippen LogP contribution in [0, 0.1) is 5.92 Å². The monoisotopic (exact) mass is 746 g/mol. The number of nitrogens with zero attached hydrogens (tertiary/aromatic N) is 4. The predicted molar refractivity (Wildman–Crippen MR) is 210 cm³/mol. The third-order valence-electron chi connectivity index (χ3n) is 11.7. The lowest BCUT2D eigenvalue weighted by molar-refractivity contribution is 0.0150. The zero-order chi connectivity index (χ0) is 38.6. The van der Waals surface area contributed by atoms with Gasteiger partial charge in [-0.25, -0.2) is 19.6 Å². The Bertz CT molecular complexity index is 2180. The third kappa shape index (κ3) is 6.67. The third-order valence-corrected chi connectivity index (χ3v) is 11.7. The number of aromatic nitrogens is 4. The summed E-state index contributed by atoms with van der Waals surface area (Å²) in [5.41, 5.74) is 10.0. The molecule has 4 atom stereocenters. The van der Waals surface area contributed by atoms with Crippen molar-refractivity contribution in [2.75, 3.05) is 6.54 Å². The minimum absolute atomic E-state index is 0.0801. The van der Waals surface area contributed by atoms with Crippen LogP contribution >= 0.6 is 0 Å². The van der Waals surface area contributed by atoms with Crippen molar-refractivity contribution in [3.63, 3.8) is 0 Å². The Morgan fingerprint density at radius 3 is 2.25 bits per heavy atom. The largest absolute Gasteiger partial charge is 0.488 e. The SMILES string of the molecule is CC1CC[C@@H](c2nc3c([nH]2)-c2cc4c(cc2CC3)-c2ccc(-c3[nH]c([C@@H]5C[C@H](C)CN5C(=O)OC(C)(C)C)nc3C3CC3)cc2CO4)N1C(=O)OC(C)(C)C. The van der Waals surface area contributed by atoms with Crippen molar-refractivity contribution in [3.8, 4) is 39.4 Å². The maximum absolute atomic E-state index is 13.3. The Morgan fingerprint density at radius 1 is 0.782 bits per heavy atom. The zero-order valence-electron chi connectivity index (χ0n) is 33.5. The number of likely N-dealkylation sites (tertiary alicyclic amines) is 2. The van der Waals surface area contributed by atoms with Crippen LogP contribution in [0.3, 0.4) is 0 Å². The summed E-state index contributed by atoms with van der Waals surface area (Å²) in [6.45, 7) is 16.8. The molecule has 9 rings (SSSR count). The number of ether oxygens (including phenoxy) is 3. The molecule has 5 aliphatic rings. The van der Waals surface area contributed by atoms with E-state index in [0.29, 0.717) is 25.0 Å². The van der Waals surface area contributed by atoms with Gasteiger partial charge in [-0.05, 0) is 134 Å². The number of amides is 2. The van der Waals surface area contributed by atoms with E-state index in [4.69, 9.17) is 24.2 Å². The predicted octanol–water partition coefficient (Wildman–Crippen LogP) is 9.78. The van der Waals surface area contributed by atoms with Gasteiger partial charge in [-0.15, -0.1) is 0 Å². The number of aromatic amines is 2. The molecule has 1 saturated carbocycles. The number of benzene rings is 2. The highest BCUT2D eigenvalue weighted by Crippen LogP contribution is 2.48. The molecule has 2 saturated heterocycles. The van der Waals surface area contributed by atoms with Crippen molar-refractivity contribution < 1.29 is 23.8 Å². The first-order valence-electron chi connectivity index (χ1n) is 20.2. The topological polar surface area (TPSA) is 126 Å². The standard InChI is InChI=1S/C44H54N6O5/c1-23-17-34(49(21-23)41(51)54-43(3,4)5)40-46-36(25-10-11-25)37(47-40)27-12-14-29-28(18-27)22-53-35-20-30-26(19-31(29)35)13-15-32-38(30)48-39(45-32)33-16-9-24(2)50(33)42(52)55-44(6,7)8/h12,14,18-20,23-25,33-34H,9-11,13,15-17,21-22H2,1-8H3,(H,45,48)(H,46,47)/t23-,24?,33-,34-/m0/s1. The van der Waals surface area contributed by atoms with E-state index < -0.39 is 11.2 Å². The van der Waals surface area contributed by atoms with Gasteiger partial charge in [0.2, 0.25) is 0 Å². The van der Waals surface area contributed by atoms with Gasteiger partial charge in [-0.1, -0.05) is 19.1 Å². The van der Waals surface area contributed by atoms with Crippen LogP contribution in [-0.4, -0.2) is 65.7 Å². The number of carbonyl (C=O) groups is 2. The lowest BCUT2D eigenvalue weighted by Gasteiger charge is -2.30. The van der Waals surface area contributed by atoms with E-state index in [1.165, 1.54) is 11.1 Å². The summed E-state index contributed by atoms with van der Waals surface area (Å²) in [5.74, 6) is 3.33. The molecule has 3 fully saturated rings. The number of hydrogen-bond donors (Lipinski definition) is 2. The van der Waals surface area contributed by atoms with Gasteiger partial charge in [-0.3, -0.25) is 9.80 Å². The molecular weight excluding hydrogens is 693 g/mol. The molecule has 5 heterocycles. The molecule has 0 bridgehead atoms. The minimum Gasteiger partial charge on any atom is -0.488 e. The molecule has 290 valence electrons. The number of nitrogens with one attached hydrogen (secondary N) is 2. The van der Waals surface area contributed by atoms with Crippen LogP contribution in [0.5, 0.6) is 5.75 Å². The number of carbonyl (C=O) groups excluding carboxylic acids is 2. The fourth-order valence-corrected chi connectivity index (χ4v) is 9.06. The molecule has 2 N–H and O–H groups in total. The minimum atomic E-state index is -0.562. The summed E-state index contributed by atoms with van der Waals surface area (Å²) in [4.78, 5) is 47.9. The summed E-state index contributed by atoms with van der Waals surface area (Å²) in [6, 6.07) is 11.0. The number of aryl methyl sites for hydroxylation is 2. The molecule has 11 heteroatoms. The molecule has 2 aromatic carbocycles. The number of hydrogen-bond acceptors (Lipinski definition) is 7. The van der Waals surface area contributed by atoms with Crippen LogP contribution in [-0.2, 0) is 28.9 Å². The van der Waals surface area contributed by atoms with E-state index in [0.717, 1.165) is 107 Å². The van der Waals surface area contributed by atoms with Gasteiger partial charge in [0.25, 0.3) is 0 Å². The second kappa shape index (κ2) is 12.9. The highest BCUT2D eigenvalue weighted by Gasteiger charge is 2.42. The van der Waals surface area contributed by atoms with E-state index in [2.05, 4.69) is 54.1 Å². The second-order valence-electron chi connectivity index (χ2n) is 18.6. The first-order chi connectivity index (χ1) is 26.1. The zero-order valence-corrected chi connectivity index (χ0v) is 33.5. The van der Waals surface area contributed by atoms with Crippen molar-refractivity contribution in [3.05, 3.63) is 64.5 Å². The maximum Gasteiger partial charge on any atom is 0.411 e. The highest BCUT2D eigenvalue weighted by atomic mass is 16.6. The van der Waals surface area contributed by atoms with Crippen LogP contribution in [0.15, 0.2) is 30.3 Å². The normalized spacial score (nSPS) is 23.1. The van der Waals surface area contributed by atoms with E-state index in [9.17, 15) is 9.59 Å².